The van der Waals surface area contributed by atoms with Crippen LogP contribution >= 0.6 is 12.6 Å². The average molecular weight is 231 g/mol. The molecule has 1 amide bonds. The predicted octanol–water partition coefficient (Wildman–Crippen LogP) is 1.02. The summed E-state index contributed by atoms with van der Waals surface area (Å²) >= 11 is 4.18. The van der Waals surface area contributed by atoms with E-state index in [1.165, 1.54) is 0 Å². The second-order valence-corrected chi connectivity index (χ2v) is 4.31. The maximum absolute atomic E-state index is 11.4. The molecule has 0 aromatic carbocycles. The maximum Gasteiger partial charge on any atom is 0.303 e. The van der Waals surface area contributed by atoms with Gasteiger partial charge in [-0.15, -0.1) is 0 Å². The van der Waals surface area contributed by atoms with E-state index in [-0.39, 0.29) is 12.3 Å². The third-order valence-corrected chi connectivity index (χ3v) is 3.14. The normalized spacial score (nSPS) is 21.0. The van der Waals surface area contributed by atoms with Crippen LogP contribution in [-0.2, 0) is 9.59 Å². The molecule has 1 heterocycles. The number of likely N-dealkylation sites (tertiary alicyclic amines) is 1. The van der Waals surface area contributed by atoms with Gasteiger partial charge in [0.25, 0.3) is 0 Å². The third-order valence-electron chi connectivity index (χ3n) is 2.62. The van der Waals surface area contributed by atoms with Crippen LogP contribution in [0.25, 0.3) is 0 Å². The van der Waals surface area contributed by atoms with Crippen LogP contribution in [-0.4, -0.2) is 40.7 Å². The first-order valence-electron chi connectivity index (χ1n) is 5.24. The van der Waals surface area contributed by atoms with E-state index in [1.807, 2.05) is 4.90 Å². The van der Waals surface area contributed by atoms with Crippen molar-refractivity contribution in [1.82, 2.24) is 4.90 Å². The van der Waals surface area contributed by atoms with Crippen molar-refractivity contribution >= 4 is 24.5 Å². The van der Waals surface area contributed by atoms with Crippen molar-refractivity contribution in [2.75, 3.05) is 18.8 Å². The smallest absolute Gasteiger partial charge is 0.303 e. The molecule has 0 aromatic heterocycles. The van der Waals surface area contributed by atoms with Gasteiger partial charge in [-0.3, -0.25) is 9.59 Å². The van der Waals surface area contributed by atoms with Gasteiger partial charge in [-0.2, -0.15) is 12.6 Å². The molecule has 5 heteroatoms. The minimum absolute atomic E-state index is 0.185. The molecular formula is C10H17NO3S. The number of hydrogen-bond acceptors (Lipinski definition) is 3. The topological polar surface area (TPSA) is 57.6 Å². The molecule has 1 saturated heterocycles. The van der Waals surface area contributed by atoms with Gasteiger partial charge in [0.2, 0.25) is 5.91 Å². The molecule has 1 fully saturated rings. The van der Waals surface area contributed by atoms with Crippen molar-refractivity contribution in [3.8, 4) is 0 Å². The van der Waals surface area contributed by atoms with Gasteiger partial charge < -0.3 is 10.0 Å². The lowest BCUT2D eigenvalue weighted by Gasteiger charge is -2.15. The monoisotopic (exact) mass is 231 g/mol. The van der Waals surface area contributed by atoms with Crippen LogP contribution in [0.5, 0.6) is 0 Å². The zero-order valence-electron chi connectivity index (χ0n) is 8.69. The van der Waals surface area contributed by atoms with E-state index in [4.69, 9.17) is 5.11 Å². The second kappa shape index (κ2) is 6.00. The number of carbonyl (C=O) groups is 2. The number of unbranched alkanes of at least 4 members (excludes halogenated alkanes) is 1. The van der Waals surface area contributed by atoms with Crippen LogP contribution < -0.4 is 0 Å². The Morgan fingerprint density at radius 1 is 1.53 bits per heavy atom. The van der Waals surface area contributed by atoms with E-state index in [1.54, 1.807) is 0 Å². The Bertz CT molecular complexity index is 245. The van der Waals surface area contributed by atoms with Gasteiger partial charge in [0.1, 0.15) is 0 Å². The molecule has 15 heavy (non-hydrogen) atoms. The molecule has 1 aliphatic rings. The van der Waals surface area contributed by atoms with Gasteiger partial charge in [0.05, 0.1) is 0 Å². The Morgan fingerprint density at radius 2 is 2.27 bits per heavy atom. The number of carboxylic acids is 1. The number of carbonyl (C=O) groups excluding carboxylic acids is 1. The van der Waals surface area contributed by atoms with Gasteiger partial charge >= 0.3 is 5.97 Å². The molecule has 0 aliphatic carbocycles. The number of aliphatic carboxylic acids is 1. The zero-order valence-corrected chi connectivity index (χ0v) is 9.58. The van der Waals surface area contributed by atoms with Crippen LogP contribution in [0.3, 0.4) is 0 Å². The van der Waals surface area contributed by atoms with E-state index < -0.39 is 5.97 Å². The molecule has 4 nitrogen and oxygen atoms in total. The standard InChI is InChI=1S/C10H17NO3S/c12-9-5-8(7-15)6-11(9)4-2-1-3-10(13)14/h8,15H,1-7H2,(H,13,14). The molecule has 1 unspecified atom stereocenters. The van der Waals surface area contributed by atoms with Gasteiger partial charge in [-0.25, -0.2) is 0 Å². The molecule has 0 spiro atoms. The second-order valence-electron chi connectivity index (χ2n) is 3.94. The summed E-state index contributed by atoms with van der Waals surface area (Å²) in [5, 5.41) is 8.45. The Labute approximate surface area is 95.1 Å². The Hall–Kier alpha value is -0.710. The van der Waals surface area contributed by atoms with Gasteiger partial charge in [-0.1, -0.05) is 0 Å². The fraction of sp³-hybridized carbons (Fsp3) is 0.800. The zero-order chi connectivity index (χ0) is 11.3. The SMILES string of the molecule is O=C(O)CCCCN1CC(CS)CC1=O. The lowest BCUT2D eigenvalue weighted by Crippen LogP contribution is -2.26. The van der Waals surface area contributed by atoms with Crippen LogP contribution in [0.4, 0.5) is 0 Å². The van der Waals surface area contributed by atoms with Crippen molar-refractivity contribution in [3.05, 3.63) is 0 Å². The lowest BCUT2D eigenvalue weighted by atomic mass is 10.1. The van der Waals surface area contributed by atoms with Crippen LogP contribution in [0.1, 0.15) is 25.7 Å². The Balaban J connectivity index is 2.16. The lowest BCUT2D eigenvalue weighted by molar-refractivity contribution is -0.137. The number of hydrogen-bond donors (Lipinski definition) is 2. The molecule has 1 N–H and O–H groups in total. The van der Waals surface area contributed by atoms with E-state index in [0.717, 1.165) is 18.7 Å². The highest BCUT2D eigenvalue weighted by molar-refractivity contribution is 7.80. The van der Waals surface area contributed by atoms with Crippen molar-refractivity contribution in [1.29, 1.82) is 0 Å². The van der Waals surface area contributed by atoms with Gasteiger partial charge in [0, 0.05) is 25.9 Å². The molecule has 0 saturated carbocycles. The summed E-state index contributed by atoms with van der Waals surface area (Å²) in [5.41, 5.74) is 0. The Morgan fingerprint density at radius 3 is 2.80 bits per heavy atom. The first-order chi connectivity index (χ1) is 7.13. The van der Waals surface area contributed by atoms with Crippen molar-refractivity contribution < 1.29 is 14.7 Å². The van der Waals surface area contributed by atoms with Gasteiger partial charge in [-0.05, 0) is 24.5 Å². The molecule has 1 aliphatic heterocycles. The van der Waals surface area contributed by atoms with Crippen molar-refractivity contribution in [3.63, 3.8) is 0 Å². The maximum atomic E-state index is 11.4. The fourth-order valence-electron chi connectivity index (χ4n) is 1.77. The minimum Gasteiger partial charge on any atom is -0.481 e. The van der Waals surface area contributed by atoms with Crippen LogP contribution in [0.2, 0.25) is 0 Å². The quantitative estimate of drug-likeness (QED) is 0.530. The highest BCUT2D eigenvalue weighted by Crippen LogP contribution is 2.19. The summed E-state index contributed by atoms with van der Waals surface area (Å²) in [6.45, 7) is 1.48. The first kappa shape index (κ1) is 12.4. The molecule has 0 bridgehead atoms. The average Bonchev–Trinajstić information content (AvgIpc) is 2.54. The minimum atomic E-state index is -0.768. The summed E-state index contributed by atoms with van der Waals surface area (Å²) in [7, 11) is 0. The number of carboxylic acid groups (broad SMARTS) is 1. The summed E-state index contributed by atoms with van der Waals surface area (Å²) in [5.74, 6) is 0.540. The highest BCUT2D eigenvalue weighted by atomic mass is 32.1. The van der Waals surface area contributed by atoms with Crippen molar-refractivity contribution in [2.45, 2.75) is 25.7 Å². The highest BCUT2D eigenvalue weighted by Gasteiger charge is 2.27. The third kappa shape index (κ3) is 4.11. The van der Waals surface area contributed by atoms with E-state index >= 15 is 0 Å². The van der Waals surface area contributed by atoms with E-state index in [2.05, 4.69) is 12.6 Å². The number of amides is 1. The van der Waals surface area contributed by atoms with E-state index in [9.17, 15) is 9.59 Å². The molecule has 86 valence electrons. The summed E-state index contributed by atoms with van der Waals surface area (Å²) < 4.78 is 0. The molecule has 1 atom stereocenters. The summed E-state index contributed by atoms with van der Waals surface area (Å²) in [4.78, 5) is 23.5. The van der Waals surface area contributed by atoms with Crippen LogP contribution in [0.15, 0.2) is 0 Å². The molecular weight excluding hydrogens is 214 g/mol. The fourth-order valence-corrected chi connectivity index (χ4v) is 2.02. The molecule has 0 radical (unpaired) electrons. The molecule has 0 aromatic rings. The summed E-state index contributed by atoms with van der Waals surface area (Å²) in [6, 6.07) is 0. The number of rotatable bonds is 6. The number of thiol groups is 1. The Kier molecular flexibility index (Phi) is 4.94. The first-order valence-corrected chi connectivity index (χ1v) is 5.87. The molecule has 1 rings (SSSR count). The van der Waals surface area contributed by atoms with E-state index in [0.29, 0.717) is 25.3 Å². The summed E-state index contributed by atoms with van der Waals surface area (Å²) in [6.07, 6.45) is 2.21. The van der Waals surface area contributed by atoms with Crippen molar-refractivity contribution in [2.24, 2.45) is 5.92 Å². The predicted molar refractivity (Wildman–Crippen MR) is 60.0 cm³/mol. The largest absolute Gasteiger partial charge is 0.481 e. The number of nitrogens with zero attached hydrogens (tertiary/aromatic N) is 1. The van der Waals surface area contributed by atoms with Crippen LogP contribution in [0, 0.1) is 5.92 Å². The van der Waals surface area contributed by atoms with Gasteiger partial charge in [0.15, 0.2) is 0 Å².